The first-order chi connectivity index (χ1) is 12.1. The molecule has 0 fully saturated rings. The fourth-order valence-corrected chi connectivity index (χ4v) is 2.74. The van der Waals surface area contributed by atoms with Gasteiger partial charge in [0.2, 0.25) is 0 Å². The quantitative estimate of drug-likeness (QED) is 0.409. The third kappa shape index (κ3) is 3.65. The minimum Gasteiger partial charge on any atom is -0.352 e. The molecular weight excluding hydrogens is 320 g/mol. The predicted octanol–water partition coefficient (Wildman–Crippen LogP) is 3.14. The number of hydrogen-bond donors (Lipinski definition) is 2. The van der Waals surface area contributed by atoms with Gasteiger partial charge in [0, 0.05) is 30.2 Å². The topological polar surface area (TPSA) is 101 Å². The molecule has 0 atom stereocenters. The maximum Gasteiger partial charge on any atom is 0.273 e. The maximum atomic E-state index is 12.2. The molecule has 1 aromatic heterocycles. The van der Waals surface area contributed by atoms with E-state index in [-0.39, 0.29) is 11.6 Å². The van der Waals surface area contributed by atoms with E-state index < -0.39 is 4.92 Å². The van der Waals surface area contributed by atoms with E-state index >= 15 is 0 Å². The molecule has 0 radical (unpaired) electrons. The Kier molecular flexibility index (Phi) is 4.74. The number of rotatable bonds is 6. The van der Waals surface area contributed by atoms with E-state index in [4.69, 9.17) is 0 Å². The van der Waals surface area contributed by atoms with Crippen molar-refractivity contribution < 1.29 is 9.72 Å². The summed E-state index contributed by atoms with van der Waals surface area (Å²) in [6.07, 6.45) is 1.43. The molecule has 7 heteroatoms. The van der Waals surface area contributed by atoms with Crippen LogP contribution in [-0.4, -0.2) is 27.3 Å². The summed E-state index contributed by atoms with van der Waals surface area (Å²) in [7, 11) is 0. The monoisotopic (exact) mass is 338 g/mol. The number of imidazole rings is 1. The zero-order valence-corrected chi connectivity index (χ0v) is 13.8. The lowest BCUT2D eigenvalue weighted by Crippen LogP contribution is -2.25. The molecule has 0 saturated heterocycles. The molecule has 2 N–H and O–H groups in total. The lowest BCUT2D eigenvalue weighted by molar-refractivity contribution is -0.385. The van der Waals surface area contributed by atoms with Crippen LogP contribution in [0.2, 0.25) is 0 Å². The molecule has 3 rings (SSSR count). The summed E-state index contributed by atoms with van der Waals surface area (Å²) in [6.45, 7) is 2.06. The van der Waals surface area contributed by atoms with Crippen LogP contribution < -0.4 is 5.32 Å². The molecule has 2 aromatic carbocycles. The second-order valence-corrected chi connectivity index (χ2v) is 5.77. The second-order valence-electron chi connectivity index (χ2n) is 5.77. The van der Waals surface area contributed by atoms with Gasteiger partial charge in [-0.05, 0) is 31.5 Å². The number of amides is 1. The Morgan fingerprint density at radius 1 is 1.24 bits per heavy atom. The van der Waals surface area contributed by atoms with Crippen LogP contribution in [0.25, 0.3) is 11.0 Å². The number of carbonyl (C=O) groups is 1. The van der Waals surface area contributed by atoms with E-state index in [1.165, 1.54) is 12.1 Å². The molecule has 0 aliphatic rings. The Hall–Kier alpha value is -3.22. The molecule has 7 nitrogen and oxygen atoms in total. The standard InChI is InChI=1S/C18H18N4O3/c1-12-13(6-4-9-16(12)22(24)25)18(23)19-11-5-10-17-20-14-7-2-3-8-15(14)21-17/h2-4,6-9H,5,10-11H2,1H3,(H,19,23)(H,20,21). The third-order valence-electron chi connectivity index (χ3n) is 4.06. The SMILES string of the molecule is Cc1c(C(=O)NCCCc2nc3ccccc3[nH]2)cccc1[N+](=O)[O-]. The summed E-state index contributed by atoms with van der Waals surface area (Å²) in [5.41, 5.74) is 2.58. The number of H-pyrrole nitrogens is 1. The van der Waals surface area contributed by atoms with Gasteiger partial charge in [-0.25, -0.2) is 4.98 Å². The molecule has 0 aliphatic heterocycles. The van der Waals surface area contributed by atoms with Crippen LogP contribution in [0.5, 0.6) is 0 Å². The van der Waals surface area contributed by atoms with Crippen molar-refractivity contribution in [3.8, 4) is 0 Å². The summed E-state index contributed by atoms with van der Waals surface area (Å²) in [5, 5.41) is 13.8. The molecule has 128 valence electrons. The van der Waals surface area contributed by atoms with Crippen molar-refractivity contribution in [1.82, 2.24) is 15.3 Å². The van der Waals surface area contributed by atoms with Gasteiger partial charge in [0.1, 0.15) is 5.82 Å². The van der Waals surface area contributed by atoms with Crippen LogP contribution in [0.4, 0.5) is 5.69 Å². The predicted molar refractivity (Wildman–Crippen MR) is 94.6 cm³/mol. The van der Waals surface area contributed by atoms with E-state index in [1.54, 1.807) is 13.0 Å². The van der Waals surface area contributed by atoms with Crippen LogP contribution in [0, 0.1) is 17.0 Å². The number of carbonyl (C=O) groups excluding carboxylic acids is 1. The fourth-order valence-electron chi connectivity index (χ4n) is 2.74. The Balaban J connectivity index is 1.56. The minimum absolute atomic E-state index is 0.0464. The lowest BCUT2D eigenvalue weighted by Gasteiger charge is -2.07. The molecule has 0 unspecified atom stereocenters. The smallest absolute Gasteiger partial charge is 0.273 e. The Bertz CT molecular complexity index is 900. The van der Waals surface area contributed by atoms with Crippen molar-refractivity contribution in [2.24, 2.45) is 0 Å². The second kappa shape index (κ2) is 7.12. The molecule has 1 amide bonds. The summed E-state index contributed by atoms with van der Waals surface area (Å²) < 4.78 is 0. The van der Waals surface area contributed by atoms with Gasteiger partial charge in [-0.1, -0.05) is 18.2 Å². The van der Waals surface area contributed by atoms with Crippen molar-refractivity contribution in [2.75, 3.05) is 6.54 Å². The number of benzene rings is 2. The van der Waals surface area contributed by atoms with Crippen molar-refractivity contribution in [1.29, 1.82) is 0 Å². The Morgan fingerprint density at radius 2 is 2.04 bits per heavy atom. The molecule has 25 heavy (non-hydrogen) atoms. The summed E-state index contributed by atoms with van der Waals surface area (Å²) in [5.74, 6) is 0.577. The van der Waals surface area contributed by atoms with E-state index in [9.17, 15) is 14.9 Å². The van der Waals surface area contributed by atoms with E-state index in [2.05, 4.69) is 15.3 Å². The van der Waals surface area contributed by atoms with E-state index in [1.807, 2.05) is 24.3 Å². The van der Waals surface area contributed by atoms with Gasteiger partial charge in [0.05, 0.1) is 16.0 Å². The highest BCUT2D eigenvalue weighted by molar-refractivity contribution is 5.96. The molecule has 0 saturated carbocycles. The zero-order chi connectivity index (χ0) is 17.8. The van der Waals surface area contributed by atoms with Gasteiger partial charge in [-0.2, -0.15) is 0 Å². The number of hydrogen-bond acceptors (Lipinski definition) is 4. The van der Waals surface area contributed by atoms with E-state index in [0.29, 0.717) is 24.1 Å². The van der Waals surface area contributed by atoms with E-state index in [0.717, 1.165) is 23.3 Å². The third-order valence-corrected chi connectivity index (χ3v) is 4.06. The van der Waals surface area contributed by atoms with Crippen LogP contribution in [0.3, 0.4) is 0 Å². The molecule has 3 aromatic rings. The van der Waals surface area contributed by atoms with Crippen molar-refractivity contribution in [3.63, 3.8) is 0 Å². The van der Waals surface area contributed by atoms with Crippen molar-refractivity contribution in [2.45, 2.75) is 19.8 Å². The van der Waals surface area contributed by atoms with Gasteiger partial charge in [0.15, 0.2) is 0 Å². The number of para-hydroxylation sites is 2. The van der Waals surface area contributed by atoms with Crippen LogP contribution in [0.15, 0.2) is 42.5 Å². The number of nitro benzene ring substituents is 1. The number of nitrogens with one attached hydrogen (secondary N) is 2. The first kappa shape index (κ1) is 16.6. The van der Waals surface area contributed by atoms with Gasteiger partial charge in [-0.15, -0.1) is 0 Å². The highest BCUT2D eigenvalue weighted by atomic mass is 16.6. The molecule has 1 heterocycles. The number of fused-ring (bicyclic) bond motifs is 1. The fraction of sp³-hybridized carbons (Fsp3) is 0.222. The van der Waals surface area contributed by atoms with Crippen molar-refractivity contribution in [3.05, 3.63) is 69.5 Å². The summed E-state index contributed by atoms with van der Waals surface area (Å²) in [6, 6.07) is 12.3. The summed E-state index contributed by atoms with van der Waals surface area (Å²) >= 11 is 0. The van der Waals surface area contributed by atoms with Crippen LogP contribution in [0.1, 0.15) is 28.2 Å². The first-order valence-electron chi connectivity index (χ1n) is 8.02. The molecular formula is C18H18N4O3. The Labute approximate surface area is 144 Å². The summed E-state index contributed by atoms with van der Waals surface area (Å²) in [4.78, 5) is 30.4. The Morgan fingerprint density at radius 3 is 2.80 bits per heavy atom. The van der Waals surface area contributed by atoms with Gasteiger partial charge in [-0.3, -0.25) is 14.9 Å². The van der Waals surface area contributed by atoms with Gasteiger partial charge in [0.25, 0.3) is 11.6 Å². The number of nitrogens with zero attached hydrogens (tertiary/aromatic N) is 2. The lowest BCUT2D eigenvalue weighted by atomic mass is 10.1. The highest BCUT2D eigenvalue weighted by Crippen LogP contribution is 2.20. The van der Waals surface area contributed by atoms with Gasteiger partial charge < -0.3 is 10.3 Å². The first-order valence-corrected chi connectivity index (χ1v) is 8.02. The maximum absolute atomic E-state index is 12.2. The number of nitro groups is 1. The average Bonchev–Trinajstić information content (AvgIpc) is 3.01. The largest absolute Gasteiger partial charge is 0.352 e. The molecule has 0 spiro atoms. The van der Waals surface area contributed by atoms with Crippen LogP contribution in [-0.2, 0) is 6.42 Å². The minimum atomic E-state index is -0.478. The molecule has 0 bridgehead atoms. The van der Waals surface area contributed by atoms with Gasteiger partial charge >= 0.3 is 0 Å². The molecule has 0 aliphatic carbocycles. The van der Waals surface area contributed by atoms with Crippen LogP contribution >= 0.6 is 0 Å². The number of aromatic nitrogens is 2. The van der Waals surface area contributed by atoms with Crippen molar-refractivity contribution >= 4 is 22.6 Å². The normalized spacial score (nSPS) is 10.8. The average molecular weight is 338 g/mol. The highest BCUT2D eigenvalue weighted by Gasteiger charge is 2.17. The number of aromatic amines is 1. The number of aryl methyl sites for hydroxylation is 1. The zero-order valence-electron chi connectivity index (χ0n) is 13.8.